The van der Waals surface area contributed by atoms with Crippen molar-refractivity contribution in [3.05, 3.63) is 33.6 Å². The third kappa shape index (κ3) is 2.11. The van der Waals surface area contributed by atoms with Crippen LogP contribution >= 0.6 is 15.9 Å². The molecule has 1 N–H and O–H groups in total. The summed E-state index contributed by atoms with van der Waals surface area (Å²) in [6.45, 7) is 1.47. The van der Waals surface area contributed by atoms with E-state index in [1.165, 1.54) is 0 Å². The average molecular weight is 294 g/mol. The van der Waals surface area contributed by atoms with Gasteiger partial charge in [-0.3, -0.25) is 0 Å². The van der Waals surface area contributed by atoms with Crippen LogP contribution in [0.25, 0.3) is 0 Å². The minimum atomic E-state index is -0.896. The first kappa shape index (κ1) is 11.9. The Labute approximate surface area is 100 Å². The van der Waals surface area contributed by atoms with Gasteiger partial charge in [0.15, 0.2) is 0 Å². The molecule has 2 rings (SSSR count). The monoisotopic (exact) mass is 293 g/mol. The molecule has 1 heterocycles. The Kier molecular flexibility index (Phi) is 3.54. The Morgan fingerprint density at radius 1 is 1.12 bits per heavy atom. The fraction of sp³-hybridized carbons (Fsp3) is 0.455. The first-order valence-corrected chi connectivity index (χ1v) is 5.94. The van der Waals surface area contributed by atoms with Crippen LogP contribution in [0.15, 0.2) is 10.5 Å². The SMILES string of the molecule is Fc1cc(F)c(C2CCNCC2)c(F)c1Br. The zero-order chi connectivity index (χ0) is 11.7. The average Bonchev–Trinajstić information content (AvgIpc) is 2.28. The van der Waals surface area contributed by atoms with Crippen LogP contribution in [0, 0.1) is 17.5 Å². The molecule has 0 aromatic heterocycles. The Morgan fingerprint density at radius 2 is 1.75 bits per heavy atom. The number of benzene rings is 1. The van der Waals surface area contributed by atoms with E-state index >= 15 is 0 Å². The van der Waals surface area contributed by atoms with Gasteiger partial charge in [0.25, 0.3) is 0 Å². The Morgan fingerprint density at radius 3 is 2.38 bits per heavy atom. The number of rotatable bonds is 1. The van der Waals surface area contributed by atoms with Crippen LogP contribution in [0.3, 0.4) is 0 Å². The Hall–Kier alpha value is -0.550. The van der Waals surface area contributed by atoms with Gasteiger partial charge in [0.2, 0.25) is 0 Å². The van der Waals surface area contributed by atoms with Gasteiger partial charge in [0.1, 0.15) is 17.5 Å². The Bertz CT molecular complexity index is 403. The van der Waals surface area contributed by atoms with Crippen LogP contribution in [0.2, 0.25) is 0 Å². The van der Waals surface area contributed by atoms with E-state index < -0.39 is 17.5 Å². The van der Waals surface area contributed by atoms with Crippen molar-refractivity contribution in [2.75, 3.05) is 13.1 Å². The molecular formula is C11H11BrF3N. The van der Waals surface area contributed by atoms with E-state index in [1.54, 1.807) is 0 Å². The van der Waals surface area contributed by atoms with E-state index in [-0.39, 0.29) is 16.0 Å². The van der Waals surface area contributed by atoms with Crippen molar-refractivity contribution in [1.82, 2.24) is 5.32 Å². The topological polar surface area (TPSA) is 12.0 Å². The predicted octanol–water partition coefficient (Wildman–Crippen LogP) is 3.33. The zero-order valence-electron chi connectivity index (χ0n) is 8.49. The van der Waals surface area contributed by atoms with Gasteiger partial charge in [-0.2, -0.15) is 0 Å². The highest BCUT2D eigenvalue weighted by atomic mass is 79.9. The van der Waals surface area contributed by atoms with Crippen molar-refractivity contribution in [2.24, 2.45) is 0 Å². The quantitative estimate of drug-likeness (QED) is 0.619. The molecular weight excluding hydrogens is 283 g/mol. The van der Waals surface area contributed by atoms with E-state index in [1.807, 2.05) is 0 Å². The van der Waals surface area contributed by atoms with Gasteiger partial charge >= 0.3 is 0 Å². The van der Waals surface area contributed by atoms with Gasteiger partial charge < -0.3 is 5.32 Å². The molecule has 16 heavy (non-hydrogen) atoms. The molecule has 88 valence electrons. The van der Waals surface area contributed by atoms with Crippen molar-refractivity contribution in [1.29, 1.82) is 0 Å². The summed E-state index contributed by atoms with van der Waals surface area (Å²) in [4.78, 5) is 0. The lowest BCUT2D eigenvalue weighted by atomic mass is 9.89. The summed E-state index contributed by atoms with van der Waals surface area (Å²) in [6.07, 6.45) is 1.35. The van der Waals surface area contributed by atoms with Gasteiger partial charge in [0, 0.05) is 11.6 Å². The van der Waals surface area contributed by atoms with Crippen LogP contribution < -0.4 is 5.32 Å². The lowest BCUT2D eigenvalue weighted by Gasteiger charge is -2.24. The fourth-order valence-electron chi connectivity index (χ4n) is 2.07. The first-order valence-electron chi connectivity index (χ1n) is 5.15. The lowest BCUT2D eigenvalue weighted by molar-refractivity contribution is 0.420. The molecule has 5 heteroatoms. The predicted molar refractivity (Wildman–Crippen MR) is 58.9 cm³/mol. The summed E-state index contributed by atoms with van der Waals surface area (Å²) in [6, 6.07) is 0.741. The van der Waals surface area contributed by atoms with Crippen molar-refractivity contribution in [3.63, 3.8) is 0 Å². The van der Waals surface area contributed by atoms with Crippen LogP contribution in [0.5, 0.6) is 0 Å². The highest BCUT2D eigenvalue weighted by Crippen LogP contribution is 2.34. The van der Waals surface area contributed by atoms with E-state index in [2.05, 4.69) is 21.2 Å². The normalized spacial score (nSPS) is 17.8. The van der Waals surface area contributed by atoms with Crippen molar-refractivity contribution in [3.8, 4) is 0 Å². The molecule has 0 atom stereocenters. The number of piperidine rings is 1. The second-order valence-corrected chi connectivity index (χ2v) is 4.70. The van der Waals surface area contributed by atoms with Gasteiger partial charge in [-0.1, -0.05) is 0 Å². The molecule has 0 spiro atoms. The van der Waals surface area contributed by atoms with E-state index in [0.717, 1.165) is 19.2 Å². The molecule has 0 bridgehead atoms. The lowest BCUT2D eigenvalue weighted by Crippen LogP contribution is -2.27. The van der Waals surface area contributed by atoms with Crippen molar-refractivity contribution in [2.45, 2.75) is 18.8 Å². The maximum Gasteiger partial charge on any atom is 0.146 e. The summed E-state index contributed by atoms with van der Waals surface area (Å²) in [7, 11) is 0. The standard InChI is InChI=1S/C11H11BrF3N/c12-10-8(14)5-7(13)9(11(10)15)6-1-3-16-4-2-6/h5-6,16H,1-4H2. The maximum atomic E-state index is 13.8. The first-order chi connectivity index (χ1) is 7.61. The molecule has 0 amide bonds. The van der Waals surface area contributed by atoms with Crippen LogP contribution in [-0.4, -0.2) is 13.1 Å². The maximum absolute atomic E-state index is 13.8. The highest BCUT2D eigenvalue weighted by molar-refractivity contribution is 9.10. The van der Waals surface area contributed by atoms with Crippen LogP contribution in [0.1, 0.15) is 24.3 Å². The van der Waals surface area contributed by atoms with Crippen LogP contribution in [0.4, 0.5) is 13.2 Å². The molecule has 1 saturated heterocycles. The van der Waals surface area contributed by atoms with E-state index in [4.69, 9.17) is 0 Å². The number of hydrogen-bond acceptors (Lipinski definition) is 1. The second kappa shape index (κ2) is 4.75. The van der Waals surface area contributed by atoms with Gasteiger partial charge in [0.05, 0.1) is 4.47 Å². The fourth-order valence-corrected chi connectivity index (χ4v) is 2.39. The van der Waals surface area contributed by atoms with Gasteiger partial charge in [-0.25, -0.2) is 13.2 Å². The van der Waals surface area contributed by atoms with Gasteiger partial charge in [-0.05, 0) is 47.8 Å². The molecule has 1 nitrogen and oxygen atoms in total. The molecule has 1 aromatic carbocycles. The molecule has 0 saturated carbocycles. The number of nitrogens with one attached hydrogen (secondary N) is 1. The summed E-state index contributed by atoms with van der Waals surface area (Å²) < 4.78 is 40.1. The summed E-state index contributed by atoms with van der Waals surface area (Å²) in [5.74, 6) is -2.65. The third-order valence-corrected chi connectivity index (χ3v) is 3.62. The van der Waals surface area contributed by atoms with Crippen molar-refractivity contribution >= 4 is 15.9 Å². The molecule has 1 aliphatic heterocycles. The zero-order valence-corrected chi connectivity index (χ0v) is 10.1. The van der Waals surface area contributed by atoms with Crippen molar-refractivity contribution < 1.29 is 13.2 Å². The van der Waals surface area contributed by atoms with E-state index in [0.29, 0.717) is 12.8 Å². The third-order valence-electron chi connectivity index (χ3n) is 2.90. The highest BCUT2D eigenvalue weighted by Gasteiger charge is 2.25. The Balaban J connectivity index is 2.42. The molecule has 0 unspecified atom stereocenters. The molecule has 1 aromatic rings. The molecule has 0 radical (unpaired) electrons. The molecule has 1 fully saturated rings. The van der Waals surface area contributed by atoms with Crippen LogP contribution in [-0.2, 0) is 0 Å². The summed E-state index contributed by atoms with van der Waals surface area (Å²) in [5.41, 5.74) is 0.00905. The second-order valence-electron chi connectivity index (χ2n) is 3.91. The van der Waals surface area contributed by atoms with E-state index in [9.17, 15) is 13.2 Å². The smallest absolute Gasteiger partial charge is 0.146 e. The summed E-state index contributed by atoms with van der Waals surface area (Å²) >= 11 is 2.80. The summed E-state index contributed by atoms with van der Waals surface area (Å²) in [5, 5.41) is 3.12. The number of hydrogen-bond donors (Lipinski definition) is 1. The molecule has 1 aliphatic rings. The minimum absolute atomic E-state index is 0.00905. The number of halogens is 4. The molecule has 0 aliphatic carbocycles. The van der Waals surface area contributed by atoms with Gasteiger partial charge in [-0.15, -0.1) is 0 Å². The minimum Gasteiger partial charge on any atom is -0.317 e. The largest absolute Gasteiger partial charge is 0.317 e.